The van der Waals surface area contributed by atoms with Crippen molar-refractivity contribution in [3.63, 3.8) is 0 Å². The Morgan fingerprint density at radius 3 is 2.73 bits per heavy atom. The maximum absolute atomic E-state index is 11.5. The zero-order valence-electron chi connectivity index (χ0n) is 8.37. The molecule has 2 N–H and O–H groups in total. The first-order valence-corrected chi connectivity index (χ1v) is 4.83. The lowest BCUT2D eigenvalue weighted by molar-refractivity contribution is -0.114. The number of amides is 2. The molecule has 1 heterocycles. The highest BCUT2D eigenvalue weighted by Gasteiger charge is 2.25. The molecular weight excluding hydrogens is 196 g/mol. The average molecular weight is 208 g/mol. The fourth-order valence-corrected chi connectivity index (χ4v) is 1.18. The van der Waals surface area contributed by atoms with Crippen LogP contribution >= 0.6 is 0 Å². The van der Waals surface area contributed by atoms with Crippen molar-refractivity contribution < 1.29 is 14.0 Å². The predicted octanol–water partition coefficient (Wildman–Crippen LogP) is 1.13. The molecule has 0 bridgehead atoms. The summed E-state index contributed by atoms with van der Waals surface area (Å²) in [5.41, 5.74) is 0. The molecule has 0 aliphatic heterocycles. The molecule has 0 spiro atoms. The highest BCUT2D eigenvalue weighted by atomic mass is 16.4. The summed E-state index contributed by atoms with van der Waals surface area (Å²) in [5, 5.41) is 5.25. The molecule has 1 saturated carbocycles. The molecule has 1 fully saturated rings. The van der Waals surface area contributed by atoms with E-state index in [9.17, 15) is 9.59 Å². The summed E-state index contributed by atoms with van der Waals surface area (Å²) in [6, 6.07) is 3.40. The van der Waals surface area contributed by atoms with Crippen LogP contribution in [0.2, 0.25) is 0 Å². The minimum atomic E-state index is -0.228. The van der Waals surface area contributed by atoms with Crippen molar-refractivity contribution in [3.05, 3.63) is 17.9 Å². The van der Waals surface area contributed by atoms with Gasteiger partial charge < -0.3 is 9.73 Å². The average Bonchev–Trinajstić information content (AvgIpc) is 2.83. The molecule has 0 radical (unpaired) electrons. The van der Waals surface area contributed by atoms with E-state index in [1.54, 1.807) is 12.1 Å². The minimum Gasteiger partial charge on any atom is -0.435 e. The topological polar surface area (TPSA) is 71.3 Å². The van der Waals surface area contributed by atoms with Crippen LogP contribution in [0.15, 0.2) is 16.5 Å². The van der Waals surface area contributed by atoms with Gasteiger partial charge in [0.05, 0.1) is 0 Å². The lowest BCUT2D eigenvalue weighted by Crippen LogP contribution is -2.24. The number of nitrogens with one attached hydrogen (secondary N) is 2. The van der Waals surface area contributed by atoms with Crippen LogP contribution in [0.3, 0.4) is 0 Å². The first kappa shape index (κ1) is 9.76. The molecule has 15 heavy (non-hydrogen) atoms. The quantitative estimate of drug-likeness (QED) is 0.782. The van der Waals surface area contributed by atoms with Gasteiger partial charge in [0.25, 0.3) is 5.91 Å². The van der Waals surface area contributed by atoms with Gasteiger partial charge in [-0.15, -0.1) is 0 Å². The first-order valence-electron chi connectivity index (χ1n) is 4.83. The molecule has 0 aromatic carbocycles. The Kier molecular flexibility index (Phi) is 2.45. The van der Waals surface area contributed by atoms with Gasteiger partial charge in [-0.1, -0.05) is 0 Å². The van der Waals surface area contributed by atoms with Gasteiger partial charge in [-0.05, 0) is 18.9 Å². The highest BCUT2D eigenvalue weighted by molar-refractivity contribution is 5.93. The molecule has 2 rings (SSSR count). The normalized spacial score (nSPS) is 14.7. The summed E-state index contributed by atoms with van der Waals surface area (Å²) in [5.74, 6) is 0.0710. The molecule has 0 saturated heterocycles. The number of hydrogen-bond donors (Lipinski definition) is 2. The van der Waals surface area contributed by atoms with Crippen molar-refractivity contribution in [2.75, 3.05) is 5.32 Å². The zero-order chi connectivity index (χ0) is 10.8. The second kappa shape index (κ2) is 3.76. The summed E-state index contributed by atoms with van der Waals surface area (Å²) in [6.07, 6.45) is 2.07. The molecule has 80 valence electrons. The summed E-state index contributed by atoms with van der Waals surface area (Å²) in [6.45, 7) is 1.38. The number of carbonyl (C=O) groups is 2. The van der Waals surface area contributed by atoms with Crippen molar-refractivity contribution in [2.45, 2.75) is 25.8 Å². The molecule has 5 heteroatoms. The van der Waals surface area contributed by atoms with Crippen molar-refractivity contribution >= 4 is 17.7 Å². The van der Waals surface area contributed by atoms with Crippen LogP contribution in [0.4, 0.5) is 5.88 Å². The summed E-state index contributed by atoms with van der Waals surface area (Å²) < 4.78 is 5.14. The van der Waals surface area contributed by atoms with E-state index in [0.717, 1.165) is 12.8 Å². The maximum Gasteiger partial charge on any atom is 0.287 e. The molecule has 0 unspecified atom stereocenters. The van der Waals surface area contributed by atoms with Gasteiger partial charge >= 0.3 is 0 Å². The van der Waals surface area contributed by atoms with Crippen molar-refractivity contribution in [3.8, 4) is 0 Å². The van der Waals surface area contributed by atoms with E-state index in [-0.39, 0.29) is 17.6 Å². The standard InChI is InChI=1S/C10H12N2O3/c1-6(13)11-9-5-4-8(15-9)10(14)12-7-2-3-7/h4-5,7H,2-3H2,1H3,(H,11,13)(H,12,14). The molecule has 2 amide bonds. The number of carbonyl (C=O) groups excluding carboxylic acids is 2. The van der Waals surface area contributed by atoms with E-state index < -0.39 is 0 Å². The van der Waals surface area contributed by atoms with Crippen LogP contribution in [0, 0.1) is 0 Å². The predicted molar refractivity (Wildman–Crippen MR) is 53.5 cm³/mol. The molecule has 1 aromatic rings. The largest absolute Gasteiger partial charge is 0.435 e. The van der Waals surface area contributed by atoms with E-state index in [1.165, 1.54) is 6.92 Å². The lowest BCUT2D eigenvalue weighted by Gasteiger charge is -1.99. The lowest BCUT2D eigenvalue weighted by atomic mass is 10.4. The number of anilines is 1. The third kappa shape index (κ3) is 2.59. The number of furan rings is 1. The molecule has 1 aromatic heterocycles. The molecular formula is C10H12N2O3. The van der Waals surface area contributed by atoms with Crippen molar-refractivity contribution in [1.29, 1.82) is 0 Å². The van der Waals surface area contributed by atoms with E-state index >= 15 is 0 Å². The van der Waals surface area contributed by atoms with Gasteiger partial charge in [-0.3, -0.25) is 14.9 Å². The first-order chi connectivity index (χ1) is 7.15. The fourth-order valence-electron chi connectivity index (χ4n) is 1.18. The van der Waals surface area contributed by atoms with Crippen LogP contribution in [0.1, 0.15) is 30.3 Å². The Bertz CT molecular complexity index is 393. The van der Waals surface area contributed by atoms with Gasteiger partial charge in [0.1, 0.15) is 0 Å². The summed E-state index contributed by atoms with van der Waals surface area (Å²) in [4.78, 5) is 22.2. The Balaban J connectivity index is 1.98. The van der Waals surface area contributed by atoms with Gasteiger partial charge in [0.2, 0.25) is 5.91 Å². The van der Waals surface area contributed by atoms with Crippen LogP contribution in [-0.4, -0.2) is 17.9 Å². The van der Waals surface area contributed by atoms with Crippen LogP contribution in [0.5, 0.6) is 0 Å². The minimum absolute atomic E-state index is 0.224. The van der Waals surface area contributed by atoms with Gasteiger partial charge in [0.15, 0.2) is 11.6 Å². The zero-order valence-corrected chi connectivity index (χ0v) is 8.37. The maximum atomic E-state index is 11.5. The van der Waals surface area contributed by atoms with E-state index in [0.29, 0.717) is 11.9 Å². The van der Waals surface area contributed by atoms with Crippen molar-refractivity contribution in [2.24, 2.45) is 0 Å². The highest BCUT2D eigenvalue weighted by Crippen LogP contribution is 2.20. The van der Waals surface area contributed by atoms with Gasteiger partial charge in [0, 0.05) is 19.0 Å². The second-order valence-electron chi connectivity index (χ2n) is 3.59. The monoisotopic (exact) mass is 208 g/mol. The van der Waals surface area contributed by atoms with Crippen molar-refractivity contribution in [1.82, 2.24) is 5.32 Å². The molecule has 1 aliphatic rings. The van der Waals surface area contributed by atoms with Crippen LogP contribution in [0.25, 0.3) is 0 Å². The Morgan fingerprint density at radius 1 is 1.40 bits per heavy atom. The second-order valence-corrected chi connectivity index (χ2v) is 3.59. The third-order valence-electron chi connectivity index (χ3n) is 2.04. The van der Waals surface area contributed by atoms with E-state index in [2.05, 4.69) is 10.6 Å². The Hall–Kier alpha value is -1.78. The van der Waals surface area contributed by atoms with Gasteiger partial charge in [-0.2, -0.15) is 0 Å². The van der Waals surface area contributed by atoms with Gasteiger partial charge in [-0.25, -0.2) is 0 Å². The SMILES string of the molecule is CC(=O)Nc1ccc(C(=O)NC2CC2)o1. The fraction of sp³-hybridized carbons (Fsp3) is 0.400. The van der Waals surface area contributed by atoms with E-state index in [1.807, 2.05) is 0 Å². The van der Waals surface area contributed by atoms with E-state index in [4.69, 9.17) is 4.42 Å². The third-order valence-corrected chi connectivity index (χ3v) is 2.04. The summed E-state index contributed by atoms with van der Waals surface area (Å²) >= 11 is 0. The number of rotatable bonds is 3. The summed E-state index contributed by atoms with van der Waals surface area (Å²) in [7, 11) is 0. The van der Waals surface area contributed by atoms with Crippen LogP contribution in [-0.2, 0) is 4.79 Å². The Morgan fingerprint density at radius 2 is 2.13 bits per heavy atom. The Labute approximate surface area is 86.8 Å². The van der Waals surface area contributed by atoms with Crippen LogP contribution < -0.4 is 10.6 Å². The molecule has 5 nitrogen and oxygen atoms in total. The molecule has 0 atom stereocenters. The number of hydrogen-bond acceptors (Lipinski definition) is 3. The smallest absolute Gasteiger partial charge is 0.287 e. The molecule has 1 aliphatic carbocycles.